The van der Waals surface area contributed by atoms with Crippen LogP contribution in [0.3, 0.4) is 0 Å². The second kappa shape index (κ2) is 8.42. The zero-order valence-electron chi connectivity index (χ0n) is 16.7. The Morgan fingerprint density at radius 2 is 1.71 bits per heavy atom. The molecule has 31 heavy (non-hydrogen) atoms. The quantitative estimate of drug-likeness (QED) is 0.624. The molecule has 1 aliphatic heterocycles. The highest BCUT2D eigenvalue weighted by atomic mass is 35.5. The van der Waals surface area contributed by atoms with Crippen molar-refractivity contribution in [1.82, 2.24) is 4.31 Å². The van der Waals surface area contributed by atoms with E-state index in [0.717, 1.165) is 23.3 Å². The van der Waals surface area contributed by atoms with Crippen molar-refractivity contribution in [3.8, 4) is 0 Å². The number of rotatable bonds is 4. The third-order valence-corrected chi connectivity index (χ3v) is 7.73. The van der Waals surface area contributed by atoms with Gasteiger partial charge in [0.15, 0.2) is 0 Å². The van der Waals surface area contributed by atoms with Gasteiger partial charge in [-0.1, -0.05) is 41.9 Å². The number of fused-ring (bicyclic) bond motifs is 1. The molecule has 1 aliphatic rings. The second-order valence-electron chi connectivity index (χ2n) is 7.39. The van der Waals surface area contributed by atoms with Gasteiger partial charge in [-0.05, 0) is 66.4 Å². The number of hydrogen-bond donors (Lipinski definition) is 1. The SMILES string of the molecule is Cc1c(Cl)cccc1NC(=O)[C@@H]1Cc2ccccc2CN1S(=O)(=O)c1ccc(F)cc1. The molecule has 0 radical (unpaired) electrons. The summed E-state index contributed by atoms with van der Waals surface area (Å²) in [5.74, 6) is -0.987. The molecule has 0 bridgehead atoms. The fourth-order valence-electron chi connectivity index (χ4n) is 3.68. The summed E-state index contributed by atoms with van der Waals surface area (Å²) >= 11 is 6.16. The minimum absolute atomic E-state index is 0.0441. The monoisotopic (exact) mass is 458 g/mol. The van der Waals surface area contributed by atoms with Gasteiger partial charge in [0, 0.05) is 17.3 Å². The normalized spacial score (nSPS) is 16.5. The predicted molar refractivity (Wildman–Crippen MR) is 118 cm³/mol. The molecule has 0 unspecified atom stereocenters. The van der Waals surface area contributed by atoms with Crippen molar-refractivity contribution in [3.05, 3.63) is 94.3 Å². The van der Waals surface area contributed by atoms with Gasteiger partial charge in [0.2, 0.25) is 15.9 Å². The topological polar surface area (TPSA) is 66.5 Å². The van der Waals surface area contributed by atoms with E-state index in [1.165, 1.54) is 16.4 Å². The number of carbonyl (C=O) groups excluding carboxylic acids is 1. The number of nitrogens with one attached hydrogen (secondary N) is 1. The molecule has 8 heteroatoms. The lowest BCUT2D eigenvalue weighted by atomic mass is 9.95. The van der Waals surface area contributed by atoms with Gasteiger partial charge in [-0.15, -0.1) is 0 Å². The number of hydrogen-bond acceptors (Lipinski definition) is 3. The molecule has 0 saturated heterocycles. The maximum absolute atomic E-state index is 13.4. The highest BCUT2D eigenvalue weighted by Crippen LogP contribution is 2.31. The Balaban J connectivity index is 1.73. The van der Waals surface area contributed by atoms with Crippen LogP contribution in [0.15, 0.2) is 71.6 Å². The van der Waals surface area contributed by atoms with E-state index in [1.54, 1.807) is 25.1 Å². The van der Waals surface area contributed by atoms with Crippen LogP contribution in [0.1, 0.15) is 16.7 Å². The number of amides is 1. The first kappa shape index (κ1) is 21.5. The Kier molecular flexibility index (Phi) is 5.83. The Hall–Kier alpha value is -2.74. The van der Waals surface area contributed by atoms with E-state index in [-0.39, 0.29) is 17.9 Å². The van der Waals surface area contributed by atoms with Crippen molar-refractivity contribution in [3.63, 3.8) is 0 Å². The predicted octanol–water partition coefficient (Wildman–Crippen LogP) is 4.54. The molecular formula is C23H20ClFN2O3S. The summed E-state index contributed by atoms with van der Waals surface area (Å²) in [5, 5.41) is 3.33. The van der Waals surface area contributed by atoms with Gasteiger partial charge >= 0.3 is 0 Å². The molecule has 0 aliphatic carbocycles. The van der Waals surface area contributed by atoms with Crippen LogP contribution in [0.4, 0.5) is 10.1 Å². The average Bonchev–Trinajstić information content (AvgIpc) is 2.76. The van der Waals surface area contributed by atoms with E-state index in [9.17, 15) is 17.6 Å². The maximum atomic E-state index is 13.4. The number of nitrogens with zero attached hydrogens (tertiary/aromatic N) is 1. The van der Waals surface area contributed by atoms with Gasteiger partial charge < -0.3 is 5.32 Å². The number of carbonyl (C=O) groups is 1. The van der Waals surface area contributed by atoms with Crippen molar-refractivity contribution in [2.45, 2.75) is 30.8 Å². The lowest BCUT2D eigenvalue weighted by Crippen LogP contribution is -2.50. The van der Waals surface area contributed by atoms with E-state index in [1.807, 2.05) is 24.3 Å². The van der Waals surface area contributed by atoms with Crippen LogP contribution in [-0.4, -0.2) is 24.7 Å². The smallest absolute Gasteiger partial charge is 0.244 e. The molecule has 160 valence electrons. The highest BCUT2D eigenvalue weighted by molar-refractivity contribution is 7.89. The van der Waals surface area contributed by atoms with Crippen molar-refractivity contribution >= 4 is 33.2 Å². The minimum Gasteiger partial charge on any atom is -0.324 e. The standard InChI is InChI=1S/C23H20ClFN2O3S/c1-15-20(24)7-4-8-21(15)26-23(28)22-13-16-5-2-3-6-17(16)14-27(22)31(29,30)19-11-9-18(25)10-12-19/h2-12,22H,13-14H2,1H3,(H,26,28)/t22-/m0/s1. The van der Waals surface area contributed by atoms with Crippen LogP contribution in [0.5, 0.6) is 0 Å². The molecule has 3 aromatic rings. The summed E-state index contributed by atoms with van der Waals surface area (Å²) in [7, 11) is -4.05. The number of halogens is 2. The summed E-state index contributed by atoms with van der Waals surface area (Å²) < 4.78 is 41.3. The van der Waals surface area contributed by atoms with Gasteiger partial charge in [-0.3, -0.25) is 4.79 Å². The molecule has 3 aromatic carbocycles. The zero-order chi connectivity index (χ0) is 22.2. The Morgan fingerprint density at radius 3 is 2.42 bits per heavy atom. The fraction of sp³-hybridized carbons (Fsp3) is 0.174. The molecule has 1 amide bonds. The van der Waals surface area contributed by atoms with Crippen LogP contribution < -0.4 is 5.32 Å². The zero-order valence-corrected chi connectivity index (χ0v) is 18.3. The Labute approximate surface area is 185 Å². The first-order chi connectivity index (χ1) is 14.8. The van der Waals surface area contributed by atoms with Crippen LogP contribution >= 0.6 is 11.6 Å². The molecule has 4 rings (SSSR count). The summed E-state index contributed by atoms with van der Waals surface area (Å²) in [6, 6.07) is 16.2. The van der Waals surface area contributed by atoms with E-state index < -0.39 is 27.8 Å². The molecule has 0 fully saturated rings. The van der Waals surface area contributed by atoms with Gasteiger partial charge in [0.1, 0.15) is 11.9 Å². The van der Waals surface area contributed by atoms with Crippen molar-refractivity contribution in [1.29, 1.82) is 0 Å². The van der Waals surface area contributed by atoms with Crippen LogP contribution in [0.2, 0.25) is 5.02 Å². The van der Waals surface area contributed by atoms with Gasteiger partial charge in [-0.25, -0.2) is 12.8 Å². The molecule has 1 N–H and O–H groups in total. The summed E-state index contributed by atoms with van der Waals surface area (Å²) in [6.07, 6.45) is 0.224. The van der Waals surface area contributed by atoms with Crippen molar-refractivity contribution in [2.75, 3.05) is 5.32 Å². The highest BCUT2D eigenvalue weighted by Gasteiger charge is 2.39. The third-order valence-electron chi connectivity index (χ3n) is 5.45. The summed E-state index contributed by atoms with van der Waals surface area (Å²) in [6.45, 7) is 1.82. The molecule has 5 nitrogen and oxygen atoms in total. The van der Waals surface area contributed by atoms with Crippen molar-refractivity contribution in [2.24, 2.45) is 0 Å². The van der Waals surface area contributed by atoms with E-state index in [0.29, 0.717) is 16.3 Å². The summed E-state index contributed by atoms with van der Waals surface area (Å²) in [5.41, 5.74) is 2.96. The molecule has 1 atom stereocenters. The average molecular weight is 459 g/mol. The number of benzene rings is 3. The Morgan fingerprint density at radius 1 is 1.03 bits per heavy atom. The van der Waals surface area contributed by atoms with E-state index >= 15 is 0 Å². The van der Waals surface area contributed by atoms with Gasteiger partial charge in [0.05, 0.1) is 4.90 Å². The van der Waals surface area contributed by atoms with E-state index in [4.69, 9.17) is 11.6 Å². The minimum atomic E-state index is -4.05. The lowest BCUT2D eigenvalue weighted by Gasteiger charge is -2.35. The van der Waals surface area contributed by atoms with E-state index in [2.05, 4.69) is 5.32 Å². The first-order valence-corrected chi connectivity index (χ1v) is 11.5. The molecule has 0 aromatic heterocycles. The molecule has 0 spiro atoms. The third kappa shape index (κ3) is 4.21. The lowest BCUT2D eigenvalue weighted by molar-refractivity contribution is -0.120. The maximum Gasteiger partial charge on any atom is 0.244 e. The van der Waals surface area contributed by atoms with Crippen LogP contribution in [-0.2, 0) is 27.8 Å². The number of anilines is 1. The molecule has 1 heterocycles. The van der Waals surface area contributed by atoms with Gasteiger partial charge in [0.25, 0.3) is 0 Å². The largest absolute Gasteiger partial charge is 0.324 e. The molecular weight excluding hydrogens is 439 g/mol. The van der Waals surface area contributed by atoms with Crippen molar-refractivity contribution < 1.29 is 17.6 Å². The first-order valence-electron chi connectivity index (χ1n) is 9.67. The fourth-order valence-corrected chi connectivity index (χ4v) is 5.42. The second-order valence-corrected chi connectivity index (χ2v) is 9.69. The number of sulfonamides is 1. The Bertz CT molecular complexity index is 1250. The summed E-state index contributed by atoms with van der Waals surface area (Å²) in [4.78, 5) is 13.2. The molecule has 0 saturated carbocycles. The van der Waals surface area contributed by atoms with Crippen LogP contribution in [0.25, 0.3) is 0 Å². The van der Waals surface area contributed by atoms with Crippen LogP contribution in [0, 0.1) is 12.7 Å². The van der Waals surface area contributed by atoms with Gasteiger partial charge in [-0.2, -0.15) is 4.31 Å².